The van der Waals surface area contributed by atoms with Crippen molar-refractivity contribution < 1.29 is 4.79 Å². The Hall–Kier alpha value is -2.21. The van der Waals surface area contributed by atoms with Crippen LogP contribution < -0.4 is 10.6 Å². The quantitative estimate of drug-likeness (QED) is 0.777. The number of amides is 1. The zero-order chi connectivity index (χ0) is 20.1. The molecule has 1 aliphatic heterocycles. The van der Waals surface area contributed by atoms with E-state index < -0.39 is 0 Å². The largest absolute Gasteiger partial charge is 0.344 e. The summed E-state index contributed by atoms with van der Waals surface area (Å²) in [6, 6.07) is 10.7. The second-order valence-corrected chi connectivity index (χ2v) is 8.63. The van der Waals surface area contributed by atoms with Crippen LogP contribution in [0.15, 0.2) is 30.3 Å². The molecule has 0 bridgehead atoms. The first-order valence-electron chi connectivity index (χ1n) is 11.2. The summed E-state index contributed by atoms with van der Waals surface area (Å²) in [5, 5.41) is 15.3. The molecule has 1 aromatic carbocycles. The van der Waals surface area contributed by atoms with Gasteiger partial charge in [0.1, 0.15) is 0 Å². The summed E-state index contributed by atoms with van der Waals surface area (Å²) in [5.41, 5.74) is 2.52. The van der Waals surface area contributed by atoms with Crippen molar-refractivity contribution in [2.75, 3.05) is 13.1 Å². The van der Waals surface area contributed by atoms with E-state index in [9.17, 15) is 4.79 Å². The number of nitrogens with zero attached hydrogens (tertiary/aromatic N) is 3. The lowest BCUT2D eigenvalue weighted by Crippen LogP contribution is -2.32. The Morgan fingerprint density at radius 1 is 1.14 bits per heavy atom. The van der Waals surface area contributed by atoms with Crippen LogP contribution in [0.1, 0.15) is 85.2 Å². The number of hydrogen-bond acceptors (Lipinski definition) is 4. The summed E-state index contributed by atoms with van der Waals surface area (Å²) in [7, 11) is 0. The van der Waals surface area contributed by atoms with E-state index in [0.29, 0.717) is 17.7 Å². The number of nitrogens with one attached hydrogen (secondary N) is 2. The third-order valence-corrected chi connectivity index (χ3v) is 6.60. The van der Waals surface area contributed by atoms with Gasteiger partial charge in [0, 0.05) is 0 Å². The molecule has 29 heavy (non-hydrogen) atoms. The molecule has 2 heterocycles. The monoisotopic (exact) mass is 395 g/mol. The fraction of sp³-hybridized carbons (Fsp3) is 0.609. The van der Waals surface area contributed by atoms with Gasteiger partial charge in [0.05, 0.1) is 17.8 Å². The van der Waals surface area contributed by atoms with Crippen molar-refractivity contribution in [2.24, 2.45) is 5.92 Å². The fourth-order valence-corrected chi connectivity index (χ4v) is 4.90. The molecule has 1 saturated heterocycles. The summed E-state index contributed by atoms with van der Waals surface area (Å²) >= 11 is 0. The van der Waals surface area contributed by atoms with E-state index in [2.05, 4.69) is 33.1 Å². The van der Waals surface area contributed by atoms with Crippen LogP contribution in [0.4, 0.5) is 0 Å². The maximum atomic E-state index is 13.1. The highest BCUT2D eigenvalue weighted by Gasteiger charge is 2.26. The van der Waals surface area contributed by atoms with Crippen LogP contribution in [-0.2, 0) is 0 Å². The molecule has 6 nitrogen and oxygen atoms in total. The number of carbonyl (C=O) groups is 1. The van der Waals surface area contributed by atoms with E-state index in [1.54, 1.807) is 0 Å². The zero-order valence-electron chi connectivity index (χ0n) is 17.4. The molecule has 6 heteroatoms. The first kappa shape index (κ1) is 20.1. The highest BCUT2D eigenvalue weighted by Crippen LogP contribution is 2.32. The lowest BCUT2D eigenvalue weighted by Gasteiger charge is -2.27. The van der Waals surface area contributed by atoms with Gasteiger partial charge in [0.15, 0.2) is 5.69 Å². The van der Waals surface area contributed by atoms with Crippen molar-refractivity contribution in [1.29, 1.82) is 0 Å². The van der Waals surface area contributed by atoms with Crippen LogP contribution in [0, 0.1) is 12.8 Å². The van der Waals surface area contributed by atoms with Crippen LogP contribution in [0.3, 0.4) is 0 Å². The lowest BCUT2D eigenvalue weighted by atomic mass is 9.83. The fourth-order valence-electron chi connectivity index (χ4n) is 4.90. The minimum Gasteiger partial charge on any atom is -0.344 e. The third-order valence-electron chi connectivity index (χ3n) is 6.60. The van der Waals surface area contributed by atoms with Gasteiger partial charge >= 0.3 is 0 Å². The third kappa shape index (κ3) is 4.86. The maximum Gasteiger partial charge on any atom is 0.274 e. The molecule has 0 spiro atoms. The number of benzene rings is 1. The SMILES string of the molecule is Cc1c(C(=O)NC(CC2CCCCC2)c2ccccc2)nnn1C1CCNCC1. The average molecular weight is 396 g/mol. The van der Waals surface area contributed by atoms with E-state index in [-0.39, 0.29) is 11.9 Å². The Morgan fingerprint density at radius 2 is 1.86 bits per heavy atom. The Labute approximate surface area is 173 Å². The highest BCUT2D eigenvalue weighted by molar-refractivity contribution is 5.93. The molecule has 0 radical (unpaired) electrons. The average Bonchev–Trinajstić information content (AvgIpc) is 3.16. The van der Waals surface area contributed by atoms with Crippen LogP contribution in [0.25, 0.3) is 0 Å². The van der Waals surface area contributed by atoms with Crippen molar-refractivity contribution in [3.8, 4) is 0 Å². The number of rotatable bonds is 6. The van der Waals surface area contributed by atoms with E-state index in [1.165, 1.54) is 37.7 Å². The smallest absolute Gasteiger partial charge is 0.274 e. The molecule has 1 aromatic heterocycles. The molecule has 2 aliphatic rings. The Kier molecular flexibility index (Phi) is 6.60. The van der Waals surface area contributed by atoms with Gasteiger partial charge in [0.25, 0.3) is 5.91 Å². The number of hydrogen-bond donors (Lipinski definition) is 2. The summed E-state index contributed by atoms with van der Waals surface area (Å²) in [6.07, 6.45) is 9.55. The molecule has 2 aromatic rings. The van der Waals surface area contributed by atoms with Crippen molar-refractivity contribution >= 4 is 5.91 Å². The molecule has 1 atom stereocenters. The van der Waals surface area contributed by atoms with Gasteiger partial charge in [-0.3, -0.25) is 4.79 Å². The topological polar surface area (TPSA) is 71.8 Å². The van der Waals surface area contributed by atoms with Gasteiger partial charge in [0.2, 0.25) is 0 Å². The molecule has 2 fully saturated rings. The Morgan fingerprint density at radius 3 is 2.59 bits per heavy atom. The number of aromatic nitrogens is 3. The zero-order valence-corrected chi connectivity index (χ0v) is 17.4. The predicted octanol–water partition coefficient (Wildman–Crippen LogP) is 3.95. The molecule has 156 valence electrons. The molecule has 1 saturated carbocycles. The highest BCUT2D eigenvalue weighted by atomic mass is 16.2. The molecule has 4 rings (SSSR count). The normalized spacial score (nSPS) is 19.8. The van der Waals surface area contributed by atoms with Crippen molar-refractivity contribution in [3.05, 3.63) is 47.3 Å². The lowest BCUT2D eigenvalue weighted by molar-refractivity contribution is 0.0922. The molecule has 1 aliphatic carbocycles. The van der Waals surface area contributed by atoms with Gasteiger partial charge in [-0.2, -0.15) is 0 Å². The van der Waals surface area contributed by atoms with Crippen molar-refractivity contribution in [2.45, 2.75) is 70.4 Å². The van der Waals surface area contributed by atoms with Gasteiger partial charge in [-0.25, -0.2) is 4.68 Å². The number of piperidine rings is 1. The van der Waals surface area contributed by atoms with Crippen LogP contribution in [0.5, 0.6) is 0 Å². The standard InChI is InChI=1S/C23H33N5O/c1-17-22(26-27-28(17)20-12-14-24-15-13-20)23(29)25-21(19-10-6-3-7-11-19)16-18-8-4-2-5-9-18/h3,6-7,10-11,18,20-21,24H,2,4-5,8-9,12-16H2,1H3,(H,25,29). The second kappa shape index (κ2) is 9.53. The van der Waals surface area contributed by atoms with Crippen molar-refractivity contribution in [3.63, 3.8) is 0 Å². The van der Waals surface area contributed by atoms with Gasteiger partial charge in [-0.1, -0.05) is 67.6 Å². The second-order valence-electron chi connectivity index (χ2n) is 8.63. The maximum absolute atomic E-state index is 13.1. The van der Waals surface area contributed by atoms with Crippen LogP contribution in [0.2, 0.25) is 0 Å². The first-order chi connectivity index (χ1) is 14.2. The summed E-state index contributed by atoms with van der Waals surface area (Å²) in [5.74, 6) is 0.577. The Bertz CT molecular complexity index is 791. The summed E-state index contributed by atoms with van der Waals surface area (Å²) in [4.78, 5) is 13.1. The molecular formula is C23H33N5O. The molecule has 1 amide bonds. The van der Waals surface area contributed by atoms with Gasteiger partial charge in [-0.15, -0.1) is 5.10 Å². The predicted molar refractivity (Wildman–Crippen MR) is 114 cm³/mol. The van der Waals surface area contributed by atoms with E-state index in [1.807, 2.05) is 29.8 Å². The van der Waals surface area contributed by atoms with Crippen LogP contribution >= 0.6 is 0 Å². The summed E-state index contributed by atoms with van der Waals surface area (Å²) in [6.45, 7) is 3.95. The van der Waals surface area contributed by atoms with Crippen molar-refractivity contribution in [1.82, 2.24) is 25.6 Å². The molecular weight excluding hydrogens is 362 g/mol. The first-order valence-corrected chi connectivity index (χ1v) is 11.2. The van der Waals surface area contributed by atoms with Crippen LogP contribution in [-0.4, -0.2) is 34.0 Å². The Balaban J connectivity index is 1.49. The number of carbonyl (C=O) groups excluding carboxylic acids is 1. The van der Waals surface area contributed by atoms with Gasteiger partial charge in [-0.05, 0) is 50.8 Å². The summed E-state index contributed by atoms with van der Waals surface area (Å²) < 4.78 is 1.95. The minimum atomic E-state index is -0.104. The van der Waals surface area contributed by atoms with E-state index in [4.69, 9.17) is 0 Å². The van der Waals surface area contributed by atoms with Gasteiger partial charge < -0.3 is 10.6 Å². The minimum absolute atomic E-state index is 0.0234. The van der Waals surface area contributed by atoms with E-state index >= 15 is 0 Å². The van der Waals surface area contributed by atoms with E-state index in [0.717, 1.165) is 38.0 Å². The molecule has 1 unspecified atom stereocenters. The molecule has 2 N–H and O–H groups in total.